The first-order valence-electron chi connectivity index (χ1n) is 9.24. The number of fused-ring (bicyclic) bond motifs is 1. The number of hydrogen-bond donors (Lipinski definition) is 0. The first-order valence-corrected chi connectivity index (χ1v) is 10.2. The summed E-state index contributed by atoms with van der Waals surface area (Å²) in [5.74, 6) is 0.522. The number of esters is 1. The second-order valence-corrected chi connectivity index (χ2v) is 8.35. The van der Waals surface area contributed by atoms with Gasteiger partial charge in [0.2, 0.25) is 0 Å². The molecule has 1 aliphatic carbocycles. The molecule has 0 N–H and O–H groups in total. The minimum atomic E-state index is -0.615. The second kappa shape index (κ2) is 7.87. The number of carbonyl (C=O) groups is 2. The molecule has 1 saturated heterocycles. The average Bonchev–Trinajstić information content (AvgIpc) is 3.00. The normalized spacial score (nSPS) is 27.2. The maximum atomic E-state index is 13.0. The van der Waals surface area contributed by atoms with Gasteiger partial charge in [0.15, 0.2) is 5.78 Å². The van der Waals surface area contributed by atoms with E-state index in [0.717, 1.165) is 12.2 Å². The fourth-order valence-electron chi connectivity index (χ4n) is 3.96. The molecule has 140 valence electrons. The van der Waals surface area contributed by atoms with Gasteiger partial charge in [-0.2, -0.15) is 0 Å². The van der Waals surface area contributed by atoms with E-state index in [0.29, 0.717) is 18.8 Å². The van der Waals surface area contributed by atoms with Crippen LogP contribution in [0.3, 0.4) is 0 Å². The zero-order valence-corrected chi connectivity index (χ0v) is 15.8. The van der Waals surface area contributed by atoms with Gasteiger partial charge in [-0.05, 0) is 24.1 Å². The number of thioether (sulfide) groups is 1. The Labute approximate surface area is 163 Å². The highest BCUT2D eigenvalue weighted by Crippen LogP contribution is 2.49. The van der Waals surface area contributed by atoms with Crippen LogP contribution in [0.5, 0.6) is 0 Å². The Morgan fingerprint density at radius 2 is 1.81 bits per heavy atom. The lowest BCUT2D eigenvalue weighted by atomic mass is 9.89. The van der Waals surface area contributed by atoms with Gasteiger partial charge < -0.3 is 9.47 Å². The molecule has 2 fully saturated rings. The van der Waals surface area contributed by atoms with E-state index >= 15 is 0 Å². The van der Waals surface area contributed by atoms with Crippen molar-refractivity contribution in [2.75, 3.05) is 13.2 Å². The van der Waals surface area contributed by atoms with Gasteiger partial charge in [0.25, 0.3) is 0 Å². The van der Waals surface area contributed by atoms with Crippen molar-refractivity contribution in [2.45, 2.75) is 29.4 Å². The molecule has 0 radical (unpaired) electrons. The van der Waals surface area contributed by atoms with Crippen LogP contribution in [0.25, 0.3) is 0 Å². The van der Waals surface area contributed by atoms with Crippen molar-refractivity contribution in [1.82, 2.24) is 0 Å². The van der Waals surface area contributed by atoms with Crippen LogP contribution in [-0.4, -0.2) is 35.8 Å². The molecule has 4 nitrogen and oxygen atoms in total. The molecular weight excluding hydrogens is 360 g/mol. The van der Waals surface area contributed by atoms with Crippen LogP contribution >= 0.6 is 11.8 Å². The Morgan fingerprint density at radius 3 is 2.56 bits per heavy atom. The highest BCUT2D eigenvalue weighted by atomic mass is 32.2. The van der Waals surface area contributed by atoms with E-state index in [4.69, 9.17) is 9.47 Å². The van der Waals surface area contributed by atoms with E-state index in [9.17, 15) is 9.59 Å². The van der Waals surface area contributed by atoms with Gasteiger partial charge in [0.1, 0.15) is 10.9 Å². The number of carbonyl (C=O) groups excluding carboxylic acids is 2. The summed E-state index contributed by atoms with van der Waals surface area (Å²) in [5, 5.41) is 0. The molecule has 1 heterocycles. The van der Waals surface area contributed by atoms with Crippen molar-refractivity contribution in [3.05, 3.63) is 71.8 Å². The van der Waals surface area contributed by atoms with E-state index in [2.05, 4.69) is 12.1 Å². The van der Waals surface area contributed by atoms with Crippen LogP contribution in [0.4, 0.5) is 0 Å². The summed E-state index contributed by atoms with van der Waals surface area (Å²) >= 11 is 1.64. The quantitative estimate of drug-likeness (QED) is 0.734. The summed E-state index contributed by atoms with van der Waals surface area (Å²) in [4.78, 5) is 25.5. The minimum Gasteiger partial charge on any atom is -0.458 e. The van der Waals surface area contributed by atoms with Crippen molar-refractivity contribution in [3.63, 3.8) is 0 Å². The summed E-state index contributed by atoms with van der Waals surface area (Å²) in [7, 11) is 0. The topological polar surface area (TPSA) is 52.6 Å². The maximum absolute atomic E-state index is 13.0. The van der Waals surface area contributed by atoms with Gasteiger partial charge in [-0.25, -0.2) is 4.79 Å². The van der Waals surface area contributed by atoms with Crippen molar-refractivity contribution < 1.29 is 19.1 Å². The van der Waals surface area contributed by atoms with Gasteiger partial charge in [0, 0.05) is 24.7 Å². The molecular formula is C22H22O4S. The summed E-state index contributed by atoms with van der Waals surface area (Å²) in [6, 6.07) is 19.1. The van der Waals surface area contributed by atoms with Crippen LogP contribution < -0.4 is 0 Å². The number of Topliss-reactive ketones (excluding diaryl/α,β-unsaturated/α-hetero) is 1. The summed E-state index contributed by atoms with van der Waals surface area (Å²) in [6.45, 7) is 0.998. The van der Waals surface area contributed by atoms with Crippen LogP contribution in [0.2, 0.25) is 0 Å². The van der Waals surface area contributed by atoms with Crippen molar-refractivity contribution >= 4 is 23.5 Å². The van der Waals surface area contributed by atoms with Gasteiger partial charge in [-0.1, -0.05) is 48.5 Å². The van der Waals surface area contributed by atoms with Crippen molar-refractivity contribution in [1.29, 1.82) is 0 Å². The molecule has 1 saturated carbocycles. The monoisotopic (exact) mass is 382 g/mol. The van der Waals surface area contributed by atoms with E-state index in [1.807, 2.05) is 36.4 Å². The molecule has 1 aliphatic heterocycles. The molecule has 0 bridgehead atoms. The number of rotatable bonds is 5. The molecule has 4 rings (SSSR count). The van der Waals surface area contributed by atoms with Crippen LogP contribution in [0.15, 0.2) is 60.7 Å². The summed E-state index contributed by atoms with van der Waals surface area (Å²) < 4.78 is 10.9. The Kier molecular flexibility index (Phi) is 5.32. The third-order valence-corrected chi connectivity index (χ3v) is 7.04. The molecule has 2 aliphatic rings. The molecule has 3 atom stereocenters. The SMILES string of the molecule is O=C(O[C@H]1CC(=O)C2(SCc3ccccc3)COCC[C@H]12)c1ccccc1. The highest BCUT2D eigenvalue weighted by molar-refractivity contribution is 8.00. The van der Waals surface area contributed by atoms with Crippen LogP contribution in [-0.2, 0) is 20.0 Å². The fourth-order valence-corrected chi connectivity index (χ4v) is 5.48. The highest BCUT2D eigenvalue weighted by Gasteiger charge is 2.58. The Bertz CT molecular complexity index is 808. The third kappa shape index (κ3) is 3.66. The van der Waals surface area contributed by atoms with E-state index in [1.54, 1.807) is 23.9 Å². The smallest absolute Gasteiger partial charge is 0.338 e. The number of hydrogen-bond acceptors (Lipinski definition) is 5. The molecule has 2 aromatic carbocycles. The Hall–Kier alpha value is -2.11. The zero-order chi connectivity index (χ0) is 18.7. The number of ether oxygens (including phenoxy) is 2. The molecule has 0 spiro atoms. The van der Waals surface area contributed by atoms with Gasteiger partial charge in [-0.3, -0.25) is 4.79 Å². The standard InChI is InChI=1S/C22H22O4S/c23-20-13-19(26-21(24)17-9-5-2-6-10-17)18-11-12-25-15-22(18,20)27-14-16-7-3-1-4-8-16/h1-10,18-19H,11-15H2/t18-,19+,22?/m1/s1. The minimum absolute atomic E-state index is 0.000115. The predicted octanol–water partition coefficient (Wildman–Crippen LogP) is 3.89. The van der Waals surface area contributed by atoms with Crippen molar-refractivity contribution in [3.8, 4) is 0 Å². The number of ketones is 1. The van der Waals surface area contributed by atoms with Gasteiger partial charge in [-0.15, -0.1) is 11.8 Å². The molecule has 0 amide bonds. The van der Waals surface area contributed by atoms with E-state index < -0.39 is 4.75 Å². The lowest BCUT2D eigenvalue weighted by Crippen LogP contribution is -2.47. The number of benzene rings is 2. The third-order valence-electron chi connectivity index (χ3n) is 5.40. The first kappa shape index (κ1) is 18.3. The Morgan fingerprint density at radius 1 is 1.11 bits per heavy atom. The summed E-state index contributed by atoms with van der Waals surface area (Å²) in [6.07, 6.45) is 0.631. The predicted molar refractivity (Wildman–Crippen MR) is 105 cm³/mol. The first-order chi connectivity index (χ1) is 13.2. The van der Waals surface area contributed by atoms with Crippen LogP contribution in [0.1, 0.15) is 28.8 Å². The van der Waals surface area contributed by atoms with E-state index in [1.165, 1.54) is 5.56 Å². The lowest BCUT2D eigenvalue weighted by molar-refractivity contribution is -0.122. The molecule has 27 heavy (non-hydrogen) atoms. The average molecular weight is 382 g/mol. The maximum Gasteiger partial charge on any atom is 0.338 e. The van der Waals surface area contributed by atoms with Gasteiger partial charge >= 0.3 is 5.97 Å². The Balaban J connectivity index is 1.51. The van der Waals surface area contributed by atoms with E-state index in [-0.39, 0.29) is 30.2 Å². The van der Waals surface area contributed by atoms with Crippen LogP contribution in [0, 0.1) is 5.92 Å². The largest absolute Gasteiger partial charge is 0.458 e. The fraction of sp³-hybridized carbons (Fsp3) is 0.364. The van der Waals surface area contributed by atoms with Gasteiger partial charge in [0.05, 0.1) is 12.2 Å². The summed E-state index contributed by atoms with van der Waals surface area (Å²) in [5.41, 5.74) is 1.70. The lowest BCUT2D eigenvalue weighted by Gasteiger charge is -2.38. The molecule has 5 heteroatoms. The zero-order valence-electron chi connectivity index (χ0n) is 15.0. The van der Waals surface area contributed by atoms with Crippen molar-refractivity contribution in [2.24, 2.45) is 5.92 Å². The molecule has 1 unspecified atom stereocenters. The second-order valence-electron chi connectivity index (χ2n) is 7.05. The molecule has 0 aromatic heterocycles. The molecule has 2 aromatic rings.